The van der Waals surface area contributed by atoms with Gasteiger partial charge in [-0.25, -0.2) is 4.98 Å². The molecule has 8 rings (SSSR count). The highest BCUT2D eigenvalue weighted by Crippen LogP contribution is 2.46. The van der Waals surface area contributed by atoms with Crippen molar-refractivity contribution in [2.45, 2.75) is 60.4 Å². The number of aryl methyl sites for hydroxylation is 7. The monoisotopic (exact) mass is 854 g/mol. The molecular weight excluding hydrogens is 811 g/mol. The molecule has 0 aliphatic carbocycles. The smallest absolute Gasteiger partial charge is 0.333 e. The van der Waals surface area contributed by atoms with Gasteiger partial charge in [0.25, 0.3) is 5.91 Å². The summed E-state index contributed by atoms with van der Waals surface area (Å²) in [5, 5.41) is 7.46. The van der Waals surface area contributed by atoms with Crippen LogP contribution in [0.2, 0.25) is 10.0 Å². The van der Waals surface area contributed by atoms with Gasteiger partial charge in [0.15, 0.2) is 5.82 Å². The van der Waals surface area contributed by atoms with Crippen molar-refractivity contribution in [1.29, 1.82) is 0 Å². The zero-order chi connectivity index (χ0) is 42.1. The molecule has 59 heavy (non-hydrogen) atoms. The van der Waals surface area contributed by atoms with Crippen molar-refractivity contribution in [3.05, 3.63) is 98.8 Å². The van der Waals surface area contributed by atoms with Crippen molar-refractivity contribution in [3.63, 3.8) is 0 Å². The summed E-state index contributed by atoms with van der Waals surface area (Å²) < 4.78 is 41.9. The van der Waals surface area contributed by atoms with Gasteiger partial charge in [-0.05, 0) is 107 Å². The Morgan fingerprint density at radius 3 is 2.31 bits per heavy atom. The summed E-state index contributed by atoms with van der Waals surface area (Å²) in [6.45, 7) is 11.8. The number of anilines is 1. The number of fused-ring (bicyclic) bond motifs is 4. The number of halogens is 2. The molecule has 4 aromatic heterocycles. The van der Waals surface area contributed by atoms with E-state index in [0.29, 0.717) is 65.0 Å². The fraction of sp³-hybridized carbons (Fsp3) is 0.326. The lowest BCUT2D eigenvalue weighted by Crippen LogP contribution is -2.42. The Labute approximate surface area is 352 Å². The van der Waals surface area contributed by atoms with Crippen molar-refractivity contribution in [3.8, 4) is 34.3 Å². The third-order valence-electron chi connectivity index (χ3n) is 11.0. The normalized spacial score (nSPS) is 14.4. The molecule has 1 atom stereocenters. The van der Waals surface area contributed by atoms with Gasteiger partial charge in [-0.15, -0.1) is 0 Å². The lowest BCUT2D eigenvalue weighted by atomic mass is 9.97. The predicted octanol–water partition coefficient (Wildman–Crippen LogP) is 8.89. The third kappa shape index (κ3) is 7.20. The maximum atomic E-state index is 15.3. The second-order valence-corrected chi connectivity index (χ2v) is 17.8. The first-order valence-corrected chi connectivity index (χ1v) is 21.7. The highest BCUT2D eigenvalue weighted by atomic mass is 35.5. The van der Waals surface area contributed by atoms with Gasteiger partial charge < -0.3 is 23.0 Å². The van der Waals surface area contributed by atoms with Gasteiger partial charge in [-0.1, -0.05) is 29.3 Å². The standard InChI is InChI=1S/C43H44Cl2N8O5S/c1-9-59(55,56)58-43-47-26(5)36(27(6)48-43)37-33(44)14-13-31-30(11-10-16-57-29-17-23(2)38(45)24(3)18-29)40-42(54)52(20-25(4)53(40)39(31)37)35-21-50(7)34-15-12-28(19-32(34)35)41-46-22-51(8)49-41/h12-15,17-19,21-22,25H,9-11,16,20H2,1-8H3. The summed E-state index contributed by atoms with van der Waals surface area (Å²) in [6, 6.07) is 13.3. The van der Waals surface area contributed by atoms with E-state index in [0.717, 1.165) is 60.5 Å². The topological polar surface area (TPSA) is 139 Å². The fourth-order valence-electron chi connectivity index (χ4n) is 8.26. The minimum Gasteiger partial charge on any atom is -0.494 e. The van der Waals surface area contributed by atoms with E-state index in [1.165, 1.54) is 6.92 Å². The van der Waals surface area contributed by atoms with Crippen LogP contribution in [-0.4, -0.2) is 67.1 Å². The van der Waals surface area contributed by atoms with Crippen LogP contribution in [0.25, 0.3) is 44.3 Å². The molecule has 5 heterocycles. The van der Waals surface area contributed by atoms with E-state index in [-0.39, 0.29) is 23.7 Å². The molecule has 306 valence electrons. The summed E-state index contributed by atoms with van der Waals surface area (Å²) in [5.74, 6) is 0.962. The summed E-state index contributed by atoms with van der Waals surface area (Å²) in [6.07, 6.45) is 4.81. The molecule has 0 spiro atoms. The second-order valence-electron chi connectivity index (χ2n) is 15.2. The van der Waals surface area contributed by atoms with Crippen LogP contribution in [0.4, 0.5) is 5.69 Å². The fourth-order valence-corrected chi connectivity index (χ4v) is 9.03. The lowest BCUT2D eigenvalue weighted by Gasteiger charge is -2.34. The first kappa shape index (κ1) is 40.3. The molecule has 1 aliphatic heterocycles. The van der Waals surface area contributed by atoms with Crippen LogP contribution in [0.15, 0.2) is 55.0 Å². The molecule has 3 aromatic carbocycles. The summed E-state index contributed by atoms with van der Waals surface area (Å²) in [4.78, 5) is 30.6. The van der Waals surface area contributed by atoms with Crippen molar-refractivity contribution < 1.29 is 22.1 Å². The van der Waals surface area contributed by atoms with E-state index in [9.17, 15) is 8.42 Å². The number of carbonyl (C=O) groups is 1. The SMILES string of the molecule is CCS(=O)(=O)Oc1nc(C)c(-c2c(Cl)ccc3c(CCCOc4cc(C)c(Cl)c(C)c4)c4n(c23)C(C)CN(c2cn(C)c3ccc(-c5ncn(C)n5)cc23)C4=O)c(C)n1. The number of carbonyl (C=O) groups excluding carboxylic acids is 1. The number of rotatable bonds is 11. The molecule has 0 N–H and O–H groups in total. The number of hydrogen-bond donors (Lipinski definition) is 0. The van der Waals surface area contributed by atoms with Crippen molar-refractivity contribution in [2.24, 2.45) is 14.1 Å². The average molecular weight is 856 g/mol. The Hall–Kier alpha value is -5.44. The Morgan fingerprint density at radius 1 is 0.932 bits per heavy atom. The highest BCUT2D eigenvalue weighted by molar-refractivity contribution is 7.87. The zero-order valence-corrected chi connectivity index (χ0v) is 36.4. The van der Waals surface area contributed by atoms with Gasteiger partial charge in [-0.2, -0.15) is 23.5 Å². The molecule has 1 unspecified atom stereocenters. The molecule has 0 saturated carbocycles. The first-order valence-electron chi connectivity index (χ1n) is 19.4. The van der Waals surface area contributed by atoms with Crippen LogP contribution < -0.4 is 13.8 Å². The molecule has 16 heteroatoms. The van der Waals surface area contributed by atoms with Gasteiger partial charge in [0.1, 0.15) is 17.8 Å². The Morgan fingerprint density at radius 2 is 1.64 bits per heavy atom. The molecule has 7 aromatic rings. The van der Waals surface area contributed by atoms with Crippen LogP contribution in [0.5, 0.6) is 11.8 Å². The molecular formula is C43H44Cl2N8O5S. The quantitative estimate of drug-likeness (QED) is 0.0922. The summed E-state index contributed by atoms with van der Waals surface area (Å²) in [5.41, 5.74) is 8.95. The van der Waals surface area contributed by atoms with Crippen LogP contribution in [0.3, 0.4) is 0 Å². The highest BCUT2D eigenvalue weighted by Gasteiger charge is 2.38. The van der Waals surface area contributed by atoms with E-state index < -0.39 is 10.1 Å². The molecule has 1 amide bonds. The number of ether oxygens (including phenoxy) is 1. The third-order valence-corrected chi connectivity index (χ3v) is 13.0. The number of aromatic nitrogens is 7. The summed E-state index contributed by atoms with van der Waals surface area (Å²) >= 11 is 13.6. The average Bonchev–Trinajstić information content (AvgIpc) is 3.87. The predicted molar refractivity (Wildman–Crippen MR) is 232 cm³/mol. The number of benzene rings is 3. The molecule has 1 aliphatic rings. The molecule has 0 bridgehead atoms. The largest absolute Gasteiger partial charge is 0.494 e. The number of hydrogen-bond acceptors (Lipinski definition) is 9. The van der Waals surface area contributed by atoms with Crippen molar-refractivity contribution >= 4 is 66.7 Å². The van der Waals surface area contributed by atoms with E-state index in [2.05, 4.69) is 31.5 Å². The number of nitrogens with zero attached hydrogens (tertiary/aromatic N) is 8. The minimum absolute atomic E-state index is 0.145. The maximum absolute atomic E-state index is 15.3. The Bertz CT molecular complexity index is 2910. The molecule has 13 nitrogen and oxygen atoms in total. The van der Waals surface area contributed by atoms with Gasteiger partial charge in [-0.3, -0.25) is 9.48 Å². The van der Waals surface area contributed by atoms with Gasteiger partial charge in [0.2, 0.25) is 0 Å². The van der Waals surface area contributed by atoms with Crippen molar-refractivity contribution in [2.75, 3.05) is 23.8 Å². The van der Waals surface area contributed by atoms with Crippen LogP contribution in [-0.2, 0) is 30.6 Å². The van der Waals surface area contributed by atoms with Gasteiger partial charge in [0, 0.05) is 70.9 Å². The van der Waals surface area contributed by atoms with E-state index in [1.807, 2.05) is 86.1 Å². The Balaban J connectivity index is 1.27. The Kier molecular flexibility index (Phi) is 10.5. The van der Waals surface area contributed by atoms with Crippen molar-refractivity contribution in [1.82, 2.24) is 33.9 Å². The maximum Gasteiger partial charge on any atom is 0.333 e. The van der Waals surface area contributed by atoms with Gasteiger partial charge >= 0.3 is 16.1 Å². The first-order chi connectivity index (χ1) is 28.1. The van der Waals surface area contributed by atoms with Crippen LogP contribution >= 0.6 is 23.2 Å². The zero-order valence-electron chi connectivity index (χ0n) is 34.1. The van der Waals surface area contributed by atoms with E-state index >= 15 is 4.79 Å². The molecule has 0 saturated heterocycles. The van der Waals surface area contributed by atoms with Gasteiger partial charge in [0.05, 0.1) is 40.0 Å². The minimum atomic E-state index is -3.86. The lowest BCUT2D eigenvalue weighted by molar-refractivity contribution is 0.0957. The van der Waals surface area contributed by atoms with E-state index in [1.54, 1.807) is 24.9 Å². The van der Waals surface area contributed by atoms with Crippen LogP contribution in [0, 0.1) is 27.7 Å². The summed E-state index contributed by atoms with van der Waals surface area (Å²) in [7, 11) is -0.0561. The van der Waals surface area contributed by atoms with E-state index in [4.69, 9.17) is 32.1 Å². The van der Waals surface area contributed by atoms with Crippen LogP contribution in [0.1, 0.15) is 64.9 Å². The number of amides is 1. The molecule has 0 fully saturated rings. The second kappa shape index (κ2) is 15.3. The molecule has 0 radical (unpaired) electrons.